The molecule has 0 aliphatic heterocycles. The molecule has 9 heteroatoms. The van der Waals surface area contributed by atoms with Crippen LogP contribution in [-0.2, 0) is 14.3 Å². The normalized spacial score (nSPS) is 15.0. The van der Waals surface area contributed by atoms with Crippen LogP contribution in [0.1, 0.15) is 70.3 Å². The van der Waals surface area contributed by atoms with Crippen molar-refractivity contribution >= 4 is 34.5 Å². The lowest BCUT2D eigenvalue weighted by Gasteiger charge is -2.22. The van der Waals surface area contributed by atoms with Crippen LogP contribution in [0.4, 0.5) is 15.9 Å². The van der Waals surface area contributed by atoms with E-state index in [0.717, 1.165) is 60.3 Å². The van der Waals surface area contributed by atoms with Gasteiger partial charge in [-0.15, -0.1) is 13.2 Å². The number of aliphatic hydroxyl groups excluding tert-OH is 1. The first-order valence-corrected chi connectivity index (χ1v) is 17.3. The van der Waals surface area contributed by atoms with Gasteiger partial charge in [-0.05, 0) is 87.4 Å². The highest BCUT2D eigenvalue weighted by atomic mass is 19.1. The summed E-state index contributed by atoms with van der Waals surface area (Å²) in [5.74, 6) is 1.97. The fourth-order valence-corrected chi connectivity index (χ4v) is 5.09. The number of anilines is 2. The molecule has 2 heterocycles. The van der Waals surface area contributed by atoms with Crippen molar-refractivity contribution in [3.05, 3.63) is 109 Å². The van der Waals surface area contributed by atoms with E-state index in [1.165, 1.54) is 23.8 Å². The number of amides is 1. The molecule has 0 bridgehead atoms. The standard InChI is InChI=1S/C20H29N3O4.C17H19FO.C2H6.C2H4/c1-3-18(9-10-21-19-8-7-17(12-22-19)23-14-24)27-13-15-5-4-6-16(11-15)20(25)26-2;1-4-14(7-5-6-10-18)15-8-9-17-16(11-15)12(2)13(3)19-17;2*1-2/h4,6-8,11-12,14-15,18,20,25H,3,5,9-10,13H2,1-2H3,(H,21,22)(H,23,24);4-6,8-9,11H,7,10H2,1-3H3;1-2H3;1-2H2/b;6-5-,14-4+;;. The van der Waals surface area contributed by atoms with E-state index in [1.54, 1.807) is 18.3 Å². The summed E-state index contributed by atoms with van der Waals surface area (Å²) >= 11 is 0. The number of pyridine rings is 1. The van der Waals surface area contributed by atoms with E-state index in [1.807, 2.05) is 64.1 Å². The van der Waals surface area contributed by atoms with Crippen LogP contribution in [-0.4, -0.2) is 55.8 Å². The van der Waals surface area contributed by atoms with Gasteiger partial charge in [0.25, 0.3) is 0 Å². The van der Waals surface area contributed by atoms with Gasteiger partial charge in [0.2, 0.25) is 6.41 Å². The molecule has 1 amide bonds. The highest BCUT2D eigenvalue weighted by molar-refractivity contribution is 5.86. The van der Waals surface area contributed by atoms with E-state index >= 15 is 0 Å². The molecule has 1 aliphatic carbocycles. The Morgan fingerprint density at radius 2 is 1.96 bits per heavy atom. The number of carbonyl (C=O) groups excluding carboxylic acids is 1. The average molecular weight is 692 g/mol. The summed E-state index contributed by atoms with van der Waals surface area (Å²) in [6, 6.07) is 9.85. The molecular weight excluding hydrogens is 633 g/mol. The summed E-state index contributed by atoms with van der Waals surface area (Å²) in [6.45, 7) is 19.1. The van der Waals surface area contributed by atoms with Crippen molar-refractivity contribution in [2.75, 3.05) is 37.6 Å². The predicted molar refractivity (Wildman–Crippen MR) is 207 cm³/mol. The van der Waals surface area contributed by atoms with Gasteiger partial charge < -0.3 is 29.6 Å². The highest BCUT2D eigenvalue weighted by Crippen LogP contribution is 2.29. The minimum Gasteiger partial charge on any atom is -0.461 e. The van der Waals surface area contributed by atoms with E-state index < -0.39 is 13.0 Å². The Bertz CT molecular complexity index is 1510. The number of rotatable bonds is 16. The van der Waals surface area contributed by atoms with Gasteiger partial charge >= 0.3 is 0 Å². The van der Waals surface area contributed by atoms with Gasteiger partial charge in [-0.2, -0.15) is 0 Å². The lowest BCUT2D eigenvalue weighted by Crippen LogP contribution is -2.22. The minimum absolute atomic E-state index is 0.156. The number of aryl methyl sites for hydroxylation is 2. The molecule has 3 aromatic rings. The highest BCUT2D eigenvalue weighted by Gasteiger charge is 2.17. The van der Waals surface area contributed by atoms with Crippen molar-refractivity contribution in [2.24, 2.45) is 5.92 Å². The summed E-state index contributed by atoms with van der Waals surface area (Å²) in [5, 5.41) is 16.8. The maximum absolute atomic E-state index is 12.1. The first-order chi connectivity index (χ1) is 24.3. The zero-order valence-corrected chi connectivity index (χ0v) is 31.0. The zero-order valence-electron chi connectivity index (χ0n) is 31.0. The second-order valence-corrected chi connectivity index (χ2v) is 11.1. The Morgan fingerprint density at radius 3 is 2.58 bits per heavy atom. The molecule has 0 radical (unpaired) electrons. The molecular formula is C41H58FN3O5. The molecule has 3 unspecified atom stereocenters. The monoisotopic (exact) mass is 691 g/mol. The molecule has 8 nitrogen and oxygen atoms in total. The molecule has 0 saturated heterocycles. The zero-order chi connectivity index (χ0) is 37.3. The molecule has 3 atom stereocenters. The second kappa shape index (κ2) is 25.6. The second-order valence-electron chi connectivity index (χ2n) is 11.1. The van der Waals surface area contributed by atoms with Crippen LogP contribution in [0, 0.1) is 19.8 Å². The van der Waals surface area contributed by atoms with Gasteiger partial charge in [0.1, 0.15) is 23.8 Å². The molecule has 0 saturated carbocycles. The Balaban J connectivity index is 0.000000476. The number of nitrogens with zero attached hydrogens (tertiary/aromatic N) is 1. The number of allylic oxidation sites excluding steroid dienone is 5. The fraction of sp³-hybridized carbons (Fsp3) is 0.415. The van der Waals surface area contributed by atoms with E-state index in [9.17, 15) is 14.3 Å². The minimum atomic E-state index is -0.879. The molecule has 0 spiro atoms. The van der Waals surface area contributed by atoms with Crippen molar-refractivity contribution in [1.29, 1.82) is 0 Å². The summed E-state index contributed by atoms with van der Waals surface area (Å²) < 4.78 is 28.8. The number of hydrogen-bond donors (Lipinski definition) is 3. The van der Waals surface area contributed by atoms with Crippen LogP contribution < -0.4 is 10.6 Å². The van der Waals surface area contributed by atoms with E-state index in [-0.39, 0.29) is 12.0 Å². The molecule has 0 fully saturated rings. The number of halogens is 1. The molecule has 3 N–H and O–H groups in total. The molecule has 2 aromatic heterocycles. The number of ether oxygens (including phenoxy) is 2. The number of fused-ring (bicyclic) bond motifs is 1. The van der Waals surface area contributed by atoms with Crippen LogP contribution in [0.3, 0.4) is 0 Å². The van der Waals surface area contributed by atoms with Crippen LogP contribution in [0.5, 0.6) is 0 Å². The average Bonchev–Trinajstić information content (AvgIpc) is 3.45. The number of hydrogen-bond acceptors (Lipinski definition) is 7. The molecule has 274 valence electrons. The third-order valence-electron chi connectivity index (χ3n) is 7.94. The van der Waals surface area contributed by atoms with Crippen molar-refractivity contribution in [1.82, 2.24) is 4.98 Å². The van der Waals surface area contributed by atoms with E-state index in [2.05, 4.69) is 60.8 Å². The summed E-state index contributed by atoms with van der Waals surface area (Å²) in [7, 11) is 1.49. The summed E-state index contributed by atoms with van der Waals surface area (Å²) in [4.78, 5) is 14.6. The fourth-order valence-electron chi connectivity index (χ4n) is 5.09. The largest absolute Gasteiger partial charge is 0.461 e. The van der Waals surface area contributed by atoms with Crippen molar-refractivity contribution in [3.63, 3.8) is 0 Å². The Morgan fingerprint density at radius 1 is 1.20 bits per heavy atom. The van der Waals surface area contributed by atoms with Gasteiger partial charge in [-0.1, -0.05) is 63.3 Å². The lowest BCUT2D eigenvalue weighted by molar-refractivity contribution is -0.105. The number of nitrogens with one attached hydrogen (secondary N) is 2. The Labute approximate surface area is 298 Å². The van der Waals surface area contributed by atoms with Crippen LogP contribution >= 0.6 is 0 Å². The van der Waals surface area contributed by atoms with Gasteiger partial charge in [0.05, 0.1) is 24.6 Å². The van der Waals surface area contributed by atoms with Gasteiger partial charge in [0.15, 0.2) is 6.29 Å². The maximum Gasteiger partial charge on any atom is 0.211 e. The number of aromatic nitrogens is 1. The lowest BCUT2D eigenvalue weighted by atomic mass is 9.96. The van der Waals surface area contributed by atoms with Gasteiger partial charge in [0, 0.05) is 30.5 Å². The van der Waals surface area contributed by atoms with Crippen LogP contribution in [0.15, 0.2) is 96.1 Å². The Kier molecular flexibility index (Phi) is 22.4. The van der Waals surface area contributed by atoms with Gasteiger partial charge in [-0.25, -0.2) is 9.37 Å². The first kappa shape index (κ1) is 43.7. The van der Waals surface area contributed by atoms with Crippen molar-refractivity contribution in [3.8, 4) is 0 Å². The number of carbonyl (C=O) groups is 1. The van der Waals surface area contributed by atoms with Crippen molar-refractivity contribution in [2.45, 2.75) is 79.6 Å². The number of benzene rings is 1. The topological polar surface area (TPSA) is 106 Å². The van der Waals surface area contributed by atoms with Crippen LogP contribution in [0.25, 0.3) is 16.5 Å². The summed E-state index contributed by atoms with van der Waals surface area (Å²) in [6.07, 6.45) is 16.4. The molecule has 1 aliphatic rings. The SMILES string of the molecule is C/C=C(\C/C=C\CF)c1ccc2oc(C)c(C)c2c1.C=C.CC.CCC(CCNc1ccc(NC=O)cn1)OCC1C=C(C(O)OC)C=CC1. The maximum atomic E-state index is 12.1. The number of alkyl halides is 1. The van der Waals surface area contributed by atoms with E-state index in [4.69, 9.17) is 13.9 Å². The predicted octanol–water partition coefficient (Wildman–Crippen LogP) is 9.91. The van der Waals surface area contributed by atoms with E-state index in [0.29, 0.717) is 18.7 Å². The smallest absolute Gasteiger partial charge is 0.211 e. The first-order valence-electron chi connectivity index (χ1n) is 17.3. The van der Waals surface area contributed by atoms with Crippen LogP contribution in [0.2, 0.25) is 0 Å². The Hall–Kier alpha value is -4.31. The summed E-state index contributed by atoms with van der Waals surface area (Å²) in [5.41, 5.74) is 5.93. The quantitative estimate of drug-likeness (QED) is 0.0780. The number of methoxy groups -OCH3 is 1. The third-order valence-corrected chi connectivity index (χ3v) is 7.94. The van der Waals surface area contributed by atoms with Gasteiger partial charge in [-0.3, -0.25) is 4.79 Å². The third kappa shape index (κ3) is 14.7. The molecule has 1 aromatic carbocycles. The number of aliphatic hydroxyl groups is 1. The number of furan rings is 1. The van der Waals surface area contributed by atoms with Crippen molar-refractivity contribution < 1.29 is 28.2 Å². The molecule has 50 heavy (non-hydrogen) atoms. The molecule has 4 rings (SSSR count).